The van der Waals surface area contributed by atoms with Gasteiger partial charge in [-0.05, 0) is 26.2 Å². The zero-order valence-corrected chi connectivity index (χ0v) is 7.79. The number of aliphatic hydroxyl groups is 1. The molecule has 2 nitrogen and oxygen atoms in total. The molecule has 1 aliphatic heterocycles. The van der Waals surface area contributed by atoms with E-state index < -0.39 is 0 Å². The van der Waals surface area contributed by atoms with E-state index in [1.165, 1.54) is 25.7 Å². The Labute approximate surface area is 74.4 Å². The van der Waals surface area contributed by atoms with Crippen molar-refractivity contribution >= 4 is 0 Å². The Kier molecular flexibility index (Phi) is 2.37. The summed E-state index contributed by atoms with van der Waals surface area (Å²) in [4.78, 5) is 0. The van der Waals surface area contributed by atoms with E-state index in [9.17, 15) is 5.11 Å². The van der Waals surface area contributed by atoms with Gasteiger partial charge in [-0.1, -0.05) is 12.8 Å². The molecule has 0 radical (unpaired) electrons. The first kappa shape index (κ1) is 8.52. The number of hydrogen-bond donors (Lipinski definition) is 2. The lowest BCUT2D eigenvalue weighted by Crippen LogP contribution is -2.53. The maximum absolute atomic E-state index is 9.83. The fourth-order valence-electron chi connectivity index (χ4n) is 2.80. The smallest absolute Gasteiger partial charge is 0.0598 e. The Morgan fingerprint density at radius 1 is 1.25 bits per heavy atom. The number of rotatable bonds is 0. The molecule has 4 atom stereocenters. The molecule has 2 fully saturated rings. The molecule has 0 aromatic carbocycles. The SMILES string of the molecule is C[C@H]1C[C@H](O)C2CCCCC2N1. The molecule has 2 N–H and O–H groups in total. The molecule has 1 heterocycles. The summed E-state index contributed by atoms with van der Waals surface area (Å²) >= 11 is 0. The van der Waals surface area contributed by atoms with Gasteiger partial charge in [0, 0.05) is 18.0 Å². The van der Waals surface area contributed by atoms with Gasteiger partial charge in [0.1, 0.15) is 0 Å². The molecule has 70 valence electrons. The summed E-state index contributed by atoms with van der Waals surface area (Å²) < 4.78 is 0. The van der Waals surface area contributed by atoms with Gasteiger partial charge in [-0.3, -0.25) is 0 Å². The zero-order chi connectivity index (χ0) is 8.55. The van der Waals surface area contributed by atoms with E-state index in [2.05, 4.69) is 12.2 Å². The molecular formula is C10H19NO. The van der Waals surface area contributed by atoms with Crippen LogP contribution in [-0.2, 0) is 0 Å². The van der Waals surface area contributed by atoms with Gasteiger partial charge in [0.05, 0.1) is 6.10 Å². The van der Waals surface area contributed by atoms with Gasteiger partial charge in [-0.2, -0.15) is 0 Å². The third kappa shape index (κ3) is 1.50. The second-order valence-corrected chi connectivity index (χ2v) is 4.43. The van der Waals surface area contributed by atoms with E-state index in [-0.39, 0.29) is 6.10 Å². The van der Waals surface area contributed by atoms with Crippen molar-refractivity contribution in [2.45, 2.75) is 57.2 Å². The average Bonchev–Trinajstić information content (AvgIpc) is 2.04. The van der Waals surface area contributed by atoms with Crippen LogP contribution in [-0.4, -0.2) is 23.3 Å². The third-order valence-electron chi connectivity index (χ3n) is 3.41. The molecule has 1 saturated carbocycles. The van der Waals surface area contributed by atoms with Crippen molar-refractivity contribution < 1.29 is 5.11 Å². The molecule has 0 spiro atoms. The Morgan fingerprint density at radius 3 is 2.83 bits per heavy atom. The molecular weight excluding hydrogens is 150 g/mol. The number of piperidine rings is 1. The van der Waals surface area contributed by atoms with Crippen LogP contribution in [0.1, 0.15) is 39.0 Å². The van der Waals surface area contributed by atoms with E-state index >= 15 is 0 Å². The van der Waals surface area contributed by atoms with Gasteiger partial charge in [-0.15, -0.1) is 0 Å². The van der Waals surface area contributed by atoms with E-state index in [0.29, 0.717) is 18.0 Å². The maximum atomic E-state index is 9.83. The van der Waals surface area contributed by atoms with Crippen molar-refractivity contribution in [3.8, 4) is 0 Å². The quantitative estimate of drug-likeness (QED) is 0.572. The summed E-state index contributed by atoms with van der Waals surface area (Å²) in [6, 6.07) is 1.12. The zero-order valence-electron chi connectivity index (χ0n) is 7.79. The van der Waals surface area contributed by atoms with Crippen LogP contribution in [0.5, 0.6) is 0 Å². The second kappa shape index (κ2) is 3.35. The highest BCUT2D eigenvalue weighted by atomic mass is 16.3. The van der Waals surface area contributed by atoms with Crippen molar-refractivity contribution in [2.24, 2.45) is 5.92 Å². The molecule has 1 aliphatic carbocycles. The normalized spacial score (nSPS) is 48.5. The average molecular weight is 169 g/mol. The molecule has 1 saturated heterocycles. The van der Waals surface area contributed by atoms with Gasteiger partial charge < -0.3 is 10.4 Å². The molecule has 2 aliphatic rings. The van der Waals surface area contributed by atoms with Gasteiger partial charge in [-0.25, -0.2) is 0 Å². The molecule has 2 heteroatoms. The van der Waals surface area contributed by atoms with Crippen LogP contribution < -0.4 is 5.32 Å². The number of fused-ring (bicyclic) bond motifs is 1. The third-order valence-corrected chi connectivity index (χ3v) is 3.41. The van der Waals surface area contributed by atoms with Crippen molar-refractivity contribution in [3.63, 3.8) is 0 Å². The Hall–Kier alpha value is -0.0800. The fraction of sp³-hybridized carbons (Fsp3) is 1.00. The van der Waals surface area contributed by atoms with Crippen LogP contribution in [0.3, 0.4) is 0 Å². The van der Waals surface area contributed by atoms with Gasteiger partial charge in [0.2, 0.25) is 0 Å². The number of aliphatic hydroxyl groups excluding tert-OH is 1. The van der Waals surface area contributed by atoms with Crippen LogP contribution in [0, 0.1) is 5.92 Å². The highest BCUT2D eigenvalue weighted by molar-refractivity contribution is 4.92. The van der Waals surface area contributed by atoms with E-state index in [4.69, 9.17) is 0 Å². The highest BCUT2D eigenvalue weighted by Crippen LogP contribution is 2.32. The molecule has 12 heavy (non-hydrogen) atoms. The minimum Gasteiger partial charge on any atom is -0.393 e. The van der Waals surface area contributed by atoms with Crippen LogP contribution in [0.15, 0.2) is 0 Å². The molecule has 2 rings (SSSR count). The predicted molar refractivity (Wildman–Crippen MR) is 49.0 cm³/mol. The predicted octanol–water partition coefficient (Wildman–Crippen LogP) is 1.29. The summed E-state index contributed by atoms with van der Waals surface area (Å²) in [5, 5.41) is 13.4. The van der Waals surface area contributed by atoms with E-state index in [0.717, 1.165) is 6.42 Å². The summed E-state index contributed by atoms with van der Waals surface area (Å²) in [6.07, 6.45) is 6.06. The van der Waals surface area contributed by atoms with Crippen LogP contribution in [0.2, 0.25) is 0 Å². The molecule has 0 aromatic heterocycles. The van der Waals surface area contributed by atoms with Crippen molar-refractivity contribution in [3.05, 3.63) is 0 Å². The van der Waals surface area contributed by atoms with Crippen molar-refractivity contribution in [2.75, 3.05) is 0 Å². The van der Waals surface area contributed by atoms with Crippen molar-refractivity contribution in [1.82, 2.24) is 5.32 Å². The van der Waals surface area contributed by atoms with Crippen LogP contribution in [0.25, 0.3) is 0 Å². The maximum Gasteiger partial charge on any atom is 0.0598 e. The Balaban J connectivity index is 2.01. The summed E-state index contributed by atoms with van der Waals surface area (Å²) in [5.74, 6) is 0.551. The first-order chi connectivity index (χ1) is 5.77. The fourth-order valence-corrected chi connectivity index (χ4v) is 2.80. The lowest BCUT2D eigenvalue weighted by atomic mass is 9.76. The lowest BCUT2D eigenvalue weighted by molar-refractivity contribution is 0.0163. The summed E-state index contributed by atoms with van der Waals surface area (Å²) in [7, 11) is 0. The topological polar surface area (TPSA) is 32.3 Å². The summed E-state index contributed by atoms with van der Waals surface area (Å²) in [5.41, 5.74) is 0. The summed E-state index contributed by atoms with van der Waals surface area (Å²) in [6.45, 7) is 2.17. The monoisotopic (exact) mass is 169 g/mol. The minimum absolute atomic E-state index is 0.0356. The number of hydrogen-bond acceptors (Lipinski definition) is 2. The van der Waals surface area contributed by atoms with Gasteiger partial charge in [0.15, 0.2) is 0 Å². The standard InChI is InChI=1S/C10H19NO/c1-7-6-10(12)8-4-2-3-5-9(8)11-7/h7-12H,2-6H2,1H3/t7-,8?,9?,10-/m0/s1. The Morgan fingerprint density at radius 2 is 2.00 bits per heavy atom. The molecule has 2 unspecified atom stereocenters. The largest absolute Gasteiger partial charge is 0.393 e. The van der Waals surface area contributed by atoms with Crippen LogP contribution in [0.4, 0.5) is 0 Å². The van der Waals surface area contributed by atoms with Crippen molar-refractivity contribution in [1.29, 1.82) is 0 Å². The first-order valence-corrected chi connectivity index (χ1v) is 5.21. The van der Waals surface area contributed by atoms with E-state index in [1.807, 2.05) is 0 Å². The molecule has 0 aromatic rings. The van der Waals surface area contributed by atoms with Crippen LogP contribution >= 0.6 is 0 Å². The Bertz CT molecular complexity index is 160. The van der Waals surface area contributed by atoms with Gasteiger partial charge in [0.25, 0.3) is 0 Å². The first-order valence-electron chi connectivity index (χ1n) is 5.21. The van der Waals surface area contributed by atoms with E-state index in [1.54, 1.807) is 0 Å². The lowest BCUT2D eigenvalue weighted by Gasteiger charge is -2.42. The molecule has 0 amide bonds. The number of nitrogens with one attached hydrogen (secondary N) is 1. The minimum atomic E-state index is -0.0356. The second-order valence-electron chi connectivity index (χ2n) is 4.43. The highest BCUT2D eigenvalue weighted by Gasteiger charge is 2.35. The molecule has 0 bridgehead atoms. The van der Waals surface area contributed by atoms with Gasteiger partial charge >= 0.3 is 0 Å².